The Kier molecular flexibility index (Phi) is 5.00. The maximum Gasteiger partial charge on any atom is 0.235 e. The number of piperidine rings is 1. The molecule has 2 heterocycles. The lowest BCUT2D eigenvalue weighted by Gasteiger charge is -2.31. The minimum atomic E-state index is -0.157. The van der Waals surface area contributed by atoms with E-state index >= 15 is 0 Å². The highest BCUT2D eigenvalue weighted by Crippen LogP contribution is 2.26. The molecule has 5 nitrogen and oxygen atoms in total. The SMILES string of the molecule is CC1CCN(C(=O)[C@H](C)Sc2nncn2-c2ccccc2)CC1. The molecule has 1 atom stereocenters. The van der Waals surface area contributed by atoms with Crippen LogP contribution in [-0.2, 0) is 4.79 Å². The zero-order chi connectivity index (χ0) is 16.2. The first-order valence-corrected chi connectivity index (χ1v) is 8.94. The molecule has 122 valence electrons. The number of nitrogens with zero attached hydrogens (tertiary/aromatic N) is 4. The van der Waals surface area contributed by atoms with Gasteiger partial charge in [0.1, 0.15) is 6.33 Å². The van der Waals surface area contributed by atoms with E-state index in [-0.39, 0.29) is 11.2 Å². The van der Waals surface area contributed by atoms with Crippen molar-refractivity contribution in [3.05, 3.63) is 36.7 Å². The predicted octanol–water partition coefficient (Wildman–Crippen LogP) is 3.01. The van der Waals surface area contributed by atoms with Crippen molar-refractivity contribution in [1.29, 1.82) is 0 Å². The number of hydrogen-bond acceptors (Lipinski definition) is 4. The molecule has 0 N–H and O–H groups in total. The summed E-state index contributed by atoms with van der Waals surface area (Å²) in [6.45, 7) is 5.95. The number of benzene rings is 1. The fourth-order valence-corrected chi connectivity index (χ4v) is 3.69. The van der Waals surface area contributed by atoms with Gasteiger partial charge in [-0.1, -0.05) is 36.9 Å². The van der Waals surface area contributed by atoms with Gasteiger partial charge in [0.25, 0.3) is 0 Å². The highest BCUT2D eigenvalue weighted by molar-refractivity contribution is 8.00. The fourth-order valence-electron chi connectivity index (χ4n) is 2.77. The van der Waals surface area contributed by atoms with Gasteiger partial charge in [-0.2, -0.15) is 0 Å². The van der Waals surface area contributed by atoms with Gasteiger partial charge in [-0.05, 0) is 37.8 Å². The van der Waals surface area contributed by atoms with E-state index in [0.717, 1.165) is 42.7 Å². The van der Waals surface area contributed by atoms with Crippen molar-refractivity contribution >= 4 is 17.7 Å². The molecule has 3 rings (SSSR count). The first-order chi connectivity index (χ1) is 11.1. The Morgan fingerprint density at radius 3 is 2.65 bits per heavy atom. The molecule has 1 aliphatic heterocycles. The van der Waals surface area contributed by atoms with E-state index in [0.29, 0.717) is 0 Å². The van der Waals surface area contributed by atoms with Gasteiger partial charge in [0, 0.05) is 18.8 Å². The Balaban J connectivity index is 1.68. The summed E-state index contributed by atoms with van der Waals surface area (Å²) in [5.74, 6) is 0.924. The number of para-hydroxylation sites is 1. The first-order valence-electron chi connectivity index (χ1n) is 8.06. The Labute approximate surface area is 141 Å². The molecule has 0 unspecified atom stereocenters. The first kappa shape index (κ1) is 16.1. The third-order valence-corrected chi connectivity index (χ3v) is 5.32. The van der Waals surface area contributed by atoms with Crippen molar-refractivity contribution in [1.82, 2.24) is 19.7 Å². The van der Waals surface area contributed by atoms with E-state index in [9.17, 15) is 4.79 Å². The lowest BCUT2D eigenvalue weighted by atomic mass is 9.99. The van der Waals surface area contributed by atoms with Crippen molar-refractivity contribution < 1.29 is 4.79 Å². The van der Waals surface area contributed by atoms with E-state index in [2.05, 4.69) is 17.1 Å². The normalized spacial score (nSPS) is 17.2. The summed E-state index contributed by atoms with van der Waals surface area (Å²) < 4.78 is 1.92. The molecule has 23 heavy (non-hydrogen) atoms. The lowest BCUT2D eigenvalue weighted by molar-refractivity contribution is -0.131. The molecule has 0 aliphatic carbocycles. The number of aromatic nitrogens is 3. The number of amides is 1. The fraction of sp³-hybridized carbons (Fsp3) is 0.471. The van der Waals surface area contributed by atoms with E-state index in [1.165, 1.54) is 11.8 Å². The average Bonchev–Trinajstić information content (AvgIpc) is 3.04. The monoisotopic (exact) mass is 330 g/mol. The minimum Gasteiger partial charge on any atom is -0.342 e. The van der Waals surface area contributed by atoms with Gasteiger partial charge in [-0.15, -0.1) is 10.2 Å². The molecule has 6 heteroatoms. The molecule has 0 radical (unpaired) electrons. The van der Waals surface area contributed by atoms with Crippen LogP contribution < -0.4 is 0 Å². The molecular weight excluding hydrogens is 308 g/mol. The Hall–Kier alpha value is -1.82. The van der Waals surface area contributed by atoms with Crippen LogP contribution >= 0.6 is 11.8 Å². The smallest absolute Gasteiger partial charge is 0.235 e. The van der Waals surface area contributed by atoms with Gasteiger partial charge in [0.15, 0.2) is 5.16 Å². The van der Waals surface area contributed by atoms with Crippen molar-refractivity contribution in [2.24, 2.45) is 5.92 Å². The zero-order valence-electron chi connectivity index (χ0n) is 13.6. The van der Waals surface area contributed by atoms with Crippen LogP contribution in [0.2, 0.25) is 0 Å². The number of carbonyl (C=O) groups excluding carboxylic acids is 1. The molecule has 0 bridgehead atoms. The van der Waals surface area contributed by atoms with Gasteiger partial charge in [-0.3, -0.25) is 9.36 Å². The highest BCUT2D eigenvalue weighted by Gasteiger charge is 2.26. The summed E-state index contributed by atoms with van der Waals surface area (Å²) in [4.78, 5) is 14.6. The van der Waals surface area contributed by atoms with Crippen LogP contribution in [0.3, 0.4) is 0 Å². The summed E-state index contributed by atoms with van der Waals surface area (Å²) >= 11 is 1.47. The highest BCUT2D eigenvalue weighted by atomic mass is 32.2. The molecule has 1 fully saturated rings. The number of likely N-dealkylation sites (tertiary alicyclic amines) is 1. The van der Waals surface area contributed by atoms with Crippen molar-refractivity contribution in [3.63, 3.8) is 0 Å². The summed E-state index contributed by atoms with van der Waals surface area (Å²) in [6.07, 6.45) is 3.89. The third kappa shape index (κ3) is 3.75. The number of rotatable bonds is 4. The van der Waals surface area contributed by atoms with Gasteiger partial charge in [-0.25, -0.2) is 0 Å². The molecule has 1 aliphatic rings. The minimum absolute atomic E-state index is 0.157. The van der Waals surface area contributed by atoms with E-state index < -0.39 is 0 Å². The van der Waals surface area contributed by atoms with Crippen LogP contribution in [0.15, 0.2) is 41.8 Å². The third-order valence-electron chi connectivity index (χ3n) is 4.28. The summed E-state index contributed by atoms with van der Waals surface area (Å²) in [7, 11) is 0. The number of carbonyl (C=O) groups is 1. The summed E-state index contributed by atoms with van der Waals surface area (Å²) in [5.41, 5.74) is 1.01. The lowest BCUT2D eigenvalue weighted by Crippen LogP contribution is -2.41. The Morgan fingerprint density at radius 1 is 1.26 bits per heavy atom. The molecule has 1 saturated heterocycles. The quantitative estimate of drug-likeness (QED) is 0.809. The number of thioether (sulfide) groups is 1. The Bertz CT molecular complexity index is 650. The predicted molar refractivity (Wildman–Crippen MR) is 91.7 cm³/mol. The molecule has 1 aromatic carbocycles. The molecule has 2 aromatic rings. The van der Waals surface area contributed by atoms with Gasteiger partial charge in [0.2, 0.25) is 5.91 Å². The zero-order valence-corrected chi connectivity index (χ0v) is 14.4. The summed E-state index contributed by atoms with van der Waals surface area (Å²) in [6, 6.07) is 9.95. The van der Waals surface area contributed by atoms with Gasteiger partial charge >= 0.3 is 0 Å². The summed E-state index contributed by atoms with van der Waals surface area (Å²) in [5, 5.41) is 8.77. The molecule has 1 amide bonds. The van der Waals surface area contributed by atoms with Crippen LogP contribution in [-0.4, -0.2) is 43.9 Å². The standard InChI is InChI=1S/C17H22N4OS/c1-13-8-10-20(11-9-13)16(22)14(2)23-17-19-18-12-21(17)15-6-4-3-5-7-15/h3-7,12-14H,8-11H2,1-2H3/t14-/m0/s1. The van der Waals surface area contributed by atoms with Crippen LogP contribution in [0, 0.1) is 5.92 Å². The van der Waals surface area contributed by atoms with Gasteiger partial charge in [0.05, 0.1) is 5.25 Å². The van der Waals surface area contributed by atoms with Crippen molar-refractivity contribution in [3.8, 4) is 5.69 Å². The van der Waals surface area contributed by atoms with Crippen LogP contribution in [0.25, 0.3) is 5.69 Å². The van der Waals surface area contributed by atoms with Crippen molar-refractivity contribution in [2.75, 3.05) is 13.1 Å². The molecule has 1 aromatic heterocycles. The van der Waals surface area contributed by atoms with E-state index in [1.807, 2.05) is 46.7 Å². The maximum atomic E-state index is 12.6. The van der Waals surface area contributed by atoms with Crippen LogP contribution in [0.4, 0.5) is 0 Å². The Morgan fingerprint density at radius 2 is 1.96 bits per heavy atom. The second-order valence-electron chi connectivity index (χ2n) is 6.09. The molecule has 0 saturated carbocycles. The topological polar surface area (TPSA) is 51.0 Å². The molecular formula is C17H22N4OS. The van der Waals surface area contributed by atoms with Crippen LogP contribution in [0.5, 0.6) is 0 Å². The second kappa shape index (κ2) is 7.17. The maximum absolute atomic E-state index is 12.6. The van der Waals surface area contributed by atoms with Gasteiger partial charge < -0.3 is 4.90 Å². The van der Waals surface area contributed by atoms with E-state index in [1.54, 1.807) is 6.33 Å². The second-order valence-corrected chi connectivity index (χ2v) is 7.39. The van der Waals surface area contributed by atoms with Crippen molar-refractivity contribution in [2.45, 2.75) is 37.1 Å². The number of hydrogen-bond donors (Lipinski definition) is 0. The van der Waals surface area contributed by atoms with Crippen LogP contribution in [0.1, 0.15) is 26.7 Å². The molecule has 0 spiro atoms. The average molecular weight is 330 g/mol. The van der Waals surface area contributed by atoms with E-state index in [4.69, 9.17) is 0 Å². The largest absolute Gasteiger partial charge is 0.342 e.